The minimum absolute atomic E-state index is 0.208. The standard InChI is InChI=1S/C18H20Cl2N2O2S/c1-11(2)8-16(18(24)21-10-13-4-3-7-25-13)22-17(23)14-6-5-12(19)9-15(14)20/h3-7,9,11,16H,8,10H2,1-2H3,(H,21,24)(H,22,23). The Morgan fingerprint density at radius 3 is 2.56 bits per heavy atom. The number of rotatable bonds is 7. The monoisotopic (exact) mass is 398 g/mol. The first-order chi connectivity index (χ1) is 11.9. The Kier molecular flexibility index (Phi) is 7.29. The molecule has 2 aromatic rings. The van der Waals surface area contributed by atoms with Crippen molar-refractivity contribution in [2.75, 3.05) is 0 Å². The van der Waals surface area contributed by atoms with E-state index in [0.29, 0.717) is 23.6 Å². The van der Waals surface area contributed by atoms with Crippen LogP contribution in [0.5, 0.6) is 0 Å². The topological polar surface area (TPSA) is 58.2 Å². The van der Waals surface area contributed by atoms with Crippen molar-refractivity contribution in [1.82, 2.24) is 10.6 Å². The molecular formula is C18H20Cl2N2O2S. The molecule has 0 spiro atoms. The first kappa shape index (κ1) is 19.8. The Labute approximate surface area is 161 Å². The molecule has 1 aromatic heterocycles. The maximum absolute atomic E-state index is 12.5. The SMILES string of the molecule is CC(C)CC(NC(=O)c1ccc(Cl)cc1Cl)C(=O)NCc1cccs1. The van der Waals surface area contributed by atoms with E-state index in [1.54, 1.807) is 23.5 Å². The fourth-order valence-electron chi connectivity index (χ4n) is 2.32. The number of halogens is 2. The predicted octanol–water partition coefficient (Wildman–Crippen LogP) is 4.52. The molecule has 1 unspecified atom stereocenters. The summed E-state index contributed by atoms with van der Waals surface area (Å²) in [5, 5.41) is 8.32. The zero-order valence-electron chi connectivity index (χ0n) is 14.0. The van der Waals surface area contributed by atoms with Crippen molar-refractivity contribution in [3.63, 3.8) is 0 Å². The van der Waals surface area contributed by atoms with Crippen LogP contribution in [0.15, 0.2) is 35.7 Å². The molecule has 0 radical (unpaired) electrons. The molecule has 2 N–H and O–H groups in total. The molecule has 0 aliphatic rings. The van der Waals surface area contributed by atoms with Gasteiger partial charge in [-0.2, -0.15) is 0 Å². The molecule has 1 aromatic carbocycles. The third-order valence-corrected chi connectivity index (χ3v) is 4.95. The van der Waals surface area contributed by atoms with Crippen LogP contribution in [-0.2, 0) is 11.3 Å². The second kappa shape index (κ2) is 9.22. The van der Waals surface area contributed by atoms with Gasteiger partial charge in [-0.05, 0) is 42.0 Å². The lowest BCUT2D eigenvalue weighted by molar-refractivity contribution is -0.123. The van der Waals surface area contributed by atoms with Crippen molar-refractivity contribution in [1.29, 1.82) is 0 Å². The van der Waals surface area contributed by atoms with Crippen LogP contribution in [0.2, 0.25) is 10.0 Å². The van der Waals surface area contributed by atoms with E-state index in [1.165, 1.54) is 6.07 Å². The first-order valence-corrected chi connectivity index (χ1v) is 9.56. The summed E-state index contributed by atoms with van der Waals surface area (Å²) >= 11 is 13.5. The summed E-state index contributed by atoms with van der Waals surface area (Å²) < 4.78 is 0. The summed E-state index contributed by atoms with van der Waals surface area (Å²) in [7, 11) is 0. The summed E-state index contributed by atoms with van der Waals surface area (Å²) in [5.41, 5.74) is 0.297. The average molecular weight is 399 g/mol. The van der Waals surface area contributed by atoms with Crippen LogP contribution >= 0.6 is 34.5 Å². The van der Waals surface area contributed by atoms with Gasteiger partial charge >= 0.3 is 0 Å². The predicted molar refractivity (Wildman–Crippen MR) is 103 cm³/mol. The summed E-state index contributed by atoms with van der Waals surface area (Å²) in [5.74, 6) is -0.349. The fraction of sp³-hybridized carbons (Fsp3) is 0.333. The summed E-state index contributed by atoms with van der Waals surface area (Å²) in [4.78, 5) is 26.1. The quantitative estimate of drug-likeness (QED) is 0.720. The highest BCUT2D eigenvalue weighted by Gasteiger charge is 2.23. The number of thiophene rings is 1. The molecule has 25 heavy (non-hydrogen) atoms. The molecule has 2 rings (SSSR count). The lowest BCUT2D eigenvalue weighted by Crippen LogP contribution is -2.47. The lowest BCUT2D eigenvalue weighted by atomic mass is 10.0. The Bertz CT molecular complexity index is 733. The van der Waals surface area contributed by atoms with Gasteiger partial charge in [0.1, 0.15) is 6.04 Å². The molecular weight excluding hydrogens is 379 g/mol. The molecule has 0 saturated carbocycles. The Hall–Kier alpha value is -1.56. The van der Waals surface area contributed by atoms with Gasteiger partial charge < -0.3 is 10.6 Å². The number of carbonyl (C=O) groups excluding carboxylic acids is 2. The van der Waals surface area contributed by atoms with Crippen molar-refractivity contribution in [3.05, 3.63) is 56.2 Å². The van der Waals surface area contributed by atoms with E-state index in [2.05, 4.69) is 10.6 Å². The average Bonchev–Trinajstić information content (AvgIpc) is 3.04. The van der Waals surface area contributed by atoms with Gasteiger partial charge in [0.25, 0.3) is 5.91 Å². The summed E-state index contributed by atoms with van der Waals surface area (Å²) in [6.45, 7) is 4.45. The number of hydrogen-bond acceptors (Lipinski definition) is 3. The van der Waals surface area contributed by atoms with Crippen molar-refractivity contribution < 1.29 is 9.59 Å². The highest BCUT2D eigenvalue weighted by Crippen LogP contribution is 2.21. The minimum Gasteiger partial charge on any atom is -0.349 e. The molecule has 0 aliphatic carbocycles. The molecule has 0 bridgehead atoms. The number of nitrogens with one attached hydrogen (secondary N) is 2. The third kappa shape index (κ3) is 6.03. The minimum atomic E-state index is -0.626. The van der Waals surface area contributed by atoms with E-state index in [0.717, 1.165) is 4.88 Å². The zero-order valence-corrected chi connectivity index (χ0v) is 16.3. The number of carbonyl (C=O) groups is 2. The van der Waals surface area contributed by atoms with Crippen molar-refractivity contribution >= 4 is 46.4 Å². The Balaban J connectivity index is 2.05. The lowest BCUT2D eigenvalue weighted by Gasteiger charge is -2.20. The van der Waals surface area contributed by atoms with Crippen molar-refractivity contribution in [3.8, 4) is 0 Å². The number of benzene rings is 1. The van der Waals surface area contributed by atoms with Gasteiger partial charge in [0.2, 0.25) is 5.91 Å². The van der Waals surface area contributed by atoms with Crippen LogP contribution in [0, 0.1) is 5.92 Å². The molecule has 134 valence electrons. The Morgan fingerprint density at radius 2 is 1.96 bits per heavy atom. The second-order valence-electron chi connectivity index (χ2n) is 6.08. The molecule has 2 amide bonds. The van der Waals surface area contributed by atoms with Crippen LogP contribution in [0.25, 0.3) is 0 Å². The largest absolute Gasteiger partial charge is 0.349 e. The van der Waals surface area contributed by atoms with Crippen molar-refractivity contribution in [2.45, 2.75) is 32.9 Å². The zero-order chi connectivity index (χ0) is 18.4. The summed E-state index contributed by atoms with van der Waals surface area (Å²) in [6, 6.07) is 7.91. The molecule has 1 heterocycles. The van der Waals surface area contributed by atoms with E-state index in [4.69, 9.17) is 23.2 Å². The maximum atomic E-state index is 12.5. The van der Waals surface area contributed by atoms with E-state index in [-0.39, 0.29) is 16.8 Å². The highest BCUT2D eigenvalue weighted by molar-refractivity contribution is 7.09. The van der Waals surface area contributed by atoms with E-state index in [1.807, 2.05) is 31.4 Å². The highest BCUT2D eigenvalue weighted by atomic mass is 35.5. The first-order valence-electron chi connectivity index (χ1n) is 7.93. The number of hydrogen-bond donors (Lipinski definition) is 2. The van der Waals surface area contributed by atoms with Crippen LogP contribution in [0.3, 0.4) is 0 Å². The molecule has 1 atom stereocenters. The molecule has 0 fully saturated rings. The van der Waals surface area contributed by atoms with Crippen LogP contribution in [-0.4, -0.2) is 17.9 Å². The number of amides is 2. The molecule has 7 heteroatoms. The van der Waals surface area contributed by atoms with Gasteiger partial charge in [0.15, 0.2) is 0 Å². The maximum Gasteiger partial charge on any atom is 0.253 e. The van der Waals surface area contributed by atoms with Gasteiger partial charge in [0.05, 0.1) is 17.1 Å². The van der Waals surface area contributed by atoms with E-state index < -0.39 is 11.9 Å². The van der Waals surface area contributed by atoms with Crippen molar-refractivity contribution in [2.24, 2.45) is 5.92 Å². The van der Waals surface area contributed by atoms with Gasteiger partial charge in [-0.1, -0.05) is 43.1 Å². The van der Waals surface area contributed by atoms with Gasteiger partial charge in [0, 0.05) is 9.90 Å². The Morgan fingerprint density at radius 1 is 1.20 bits per heavy atom. The van der Waals surface area contributed by atoms with Crippen LogP contribution < -0.4 is 10.6 Å². The van der Waals surface area contributed by atoms with E-state index >= 15 is 0 Å². The molecule has 0 saturated heterocycles. The second-order valence-corrected chi connectivity index (χ2v) is 7.95. The normalized spacial score (nSPS) is 12.0. The smallest absolute Gasteiger partial charge is 0.253 e. The van der Waals surface area contributed by atoms with E-state index in [9.17, 15) is 9.59 Å². The van der Waals surface area contributed by atoms with Crippen LogP contribution in [0.4, 0.5) is 0 Å². The van der Waals surface area contributed by atoms with Crippen LogP contribution in [0.1, 0.15) is 35.5 Å². The molecule has 4 nitrogen and oxygen atoms in total. The van der Waals surface area contributed by atoms with Gasteiger partial charge in [-0.3, -0.25) is 9.59 Å². The fourth-order valence-corrected chi connectivity index (χ4v) is 3.46. The van der Waals surface area contributed by atoms with Gasteiger partial charge in [-0.25, -0.2) is 0 Å². The molecule has 0 aliphatic heterocycles. The third-order valence-electron chi connectivity index (χ3n) is 3.52. The van der Waals surface area contributed by atoms with Gasteiger partial charge in [-0.15, -0.1) is 11.3 Å². The summed E-state index contributed by atoms with van der Waals surface area (Å²) in [6.07, 6.45) is 0.535.